The molecular weight excluding hydrogens is 268 g/mol. The van der Waals surface area contributed by atoms with E-state index in [0.29, 0.717) is 18.8 Å². The van der Waals surface area contributed by atoms with Crippen LogP contribution in [0, 0.1) is 0 Å². The van der Waals surface area contributed by atoms with Crippen molar-refractivity contribution < 1.29 is 9.53 Å². The lowest BCUT2D eigenvalue weighted by Gasteiger charge is -2.21. The van der Waals surface area contributed by atoms with Crippen LogP contribution < -0.4 is 10.3 Å². The van der Waals surface area contributed by atoms with Crippen LogP contribution >= 0.6 is 0 Å². The van der Waals surface area contributed by atoms with Crippen molar-refractivity contribution in [3.8, 4) is 5.75 Å². The average molecular weight is 286 g/mol. The van der Waals surface area contributed by atoms with Crippen LogP contribution in [0.4, 0.5) is 0 Å². The fourth-order valence-electron chi connectivity index (χ4n) is 2.02. The van der Waals surface area contributed by atoms with Crippen molar-refractivity contribution in [2.75, 3.05) is 13.7 Å². The number of hydrogen-bond acceptors (Lipinski definition) is 3. The second-order valence-corrected chi connectivity index (χ2v) is 4.60. The quantitative estimate of drug-likeness (QED) is 0.915. The molecule has 0 spiro atoms. The zero-order chi connectivity index (χ0) is 15.2. The normalized spacial score (nSPS) is 10.2. The molecule has 0 aliphatic carbocycles. The molecule has 0 saturated heterocycles. The van der Waals surface area contributed by atoms with Crippen molar-refractivity contribution in [2.24, 2.45) is 0 Å². The van der Waals surface area contributed by atoms with Gasteiger partial charge in [0.1, 0.15) is 11.4 Å². The zero-order valence-corrected chi connectivity index (χ0v) is 12.1. The minimum Gasteiger partial charge on any atom is -0.497 e. The summed E-state index contributed by atoms with van der Waals surface area (Å²) >= 11 is 0. The minimum absolute atomic E-state index is 0.189. The molecule has 1 amide bonds. The monoisotopic (exact) mass is 286 g/mol. The Kier molecular flexibility index (Phi) is 4.77. The number of pyridine rings is 1. The number of aromatic amines is 1. The topological polar surface area (TPSA) is 62.4 Å². The number of benzene rings is 1. The molecule has 0 aliphatic rings. The van der Waals surface area contributed by atoms with Gasteiger partial charge in [-0.3, -0.25) is 9.59 Å². The lowest BCUT2D eigenvalue weighted by atomic mass is 10.2. The van der Waals surface area contributed by atoms with Crippen LogP contribution in [-0.4, -0.2) is 29.4 Å². The third kappa shape index (κ3) is 3.72. The Balaban J connectivity index is 2.15. The second-order valence-electron chi connectivity index (χ2n) is 4.60. The molecule has 1 aromatic heterocycles. The first-order valence-electron chi connectivity index (χ1n) is 6.75. The minimum atomic E-state index is -0.277. The van der Waals surface area contributed by atoms with Crippen LogP contribution in [0.2, 0.25) is 0 Å². The smallest absolute Gasteiger partial charge is 0.270 e. The van der Waals surface area contributed by atoms with Gasteiger partial charge in [0, 0.05) is 19.2 Å². The van der Waals surface area contributed by atoms with Crippen molar-refractivity contribution in [3.63, 3.8) is 0 Å². The van der Waals surface area contributed by atoms with Gasteiger partial charge in [-0.25, -0.2) is 0 Å². The van der Waals surface area contributed by atoms with E-state index in [1.54, 1.807) is 24.1 Å². The van der Waals surface area contributed by atoms with Gasteiger partial charge < -0.3 is 14.6 Å². The van der Waals surface area contributed by atoms with Crippen LogP contribution in [0.5, 0.6) is 5.75 Å². The third-order valence-corrected chi connectivity index (χ3v) is 3.20. The molecule has 2 aromatic rings. The van der Waals surface area contributed by atoms with Gasteiger partial charge in [-0.05, 0) is 30.7 Å². The Morgan fingerprint density at radius 3 is 2.48 bits per heavy atom. The number of H-pyrrole nitrogens is 1. The summed E-state index contributed by atoms with van der Waals surface area (Å²) in [7, 11) is 1.61. The molecule has 0 fully saturated rings. The van der Waals surface area contributed by atoms with Crippen molar-refractivity contribution in [2.45, 2.75) is 13.5 Å². The van der Waals surface area contributed by atoms with Crippen LogP contribution in [0.1, 0.15) is 23.0 Å². The van der Waals surface area contributed by atoms with Crippen molar-refractivity contribution in [1.29, 1.82) is 0 Å². The highest BCUT2D eigenvalue weighted by atomic mass is 16.5. The van der Waals surface area contributed by atoms with Gasteiger partial charge in [0.2, 0.25) is 5.56 Å². The number of rotatable bonds is 5. The molecule has 0 atom stereocenters. The van der Waals surface area contributed by atoms with E-state index >= 15 is 0 Å². The molecule has 1 heterocycles. The van der Waals surface area contributed by atoms with Gasteiger partial charge in [-0.1, -0.05) is 18.2 Å². The Hall–Kier alpha value is -2.56. The Morgan fingerprint density at radius 2 is 1.90 bits per heavy atom. The molecule has 1 N–H and O–H groups in total. The fraction of sp³-hybridized carbons (Fsp3) is 0.250. The summed E-state index contributed by atoms with van der Waals surface area (Å²) in [6, 6.07) is 12.1. The summed E-state index contributed by atoms with van der Waals surface area (Å²) in [6.45, 7) is 2.94. The van der Waals surface area contributed by atoms with Gasteiger partial charge in [-0.15, -0.1) is 0 Å². The summed E-state index contributed by atoms with van der Waals surface area (Å²) < 4.78 is 5.11. The predicted octanol–water partition coefficient (Wildman–Crippen LogP) is 2.05. The number of carbonyl (C=O) groups is 1. The highest BCUT2D eigenvalue weighted by Crippen LogP contribution is 2.14. The molecule has 0 aliphatic heterocycles. The second kappa shape index (κ2) is 6.74. The highest BCUT2D eigenvalue weighted by Gasteiger charge is 2.15. The first-order valence-corrected chi connectivity index (χ1v) is 6.75. The van der Waals surface area contributed by atoms with E-state index in [2.05, 4.69) is 4.98 Å². The fourth-order valence-corrected chi connectivity index (χ4v) is 2.02. The van der Waals surface area contributed by atoms with E-state index in [0.717, 1.165) is 11.3 Å². The zero-order valence-electron chi connectivity index (χ0n) is 12.1. The molecule has 5 nitrogen and oxygen atoms in total. The largest absolute Gasteiger partial charge is 0.497 e. The van der Waals surface area contributed by atoms with E-state index in [-0.39, 0.29) is 11.5 Å². The molecule has 21 heavy (non-hydrogen) atoms. The molecule has 1 aromatic carbocycles. The van der Waals surface area contributed by atoms with Crippen molar-refractivity contribution in [3.05, 3.63) is 64.1 Å². The Labute approximate surface area is 123 Å². The van der Waals surface area contributed by atoms with E-state index in [1.165, 1.54) is 6.07 Å². The molecule has 2 rings (SSSR count). The maximum absolute atomic E-state index is 12.4. The molecule has 0 unspecified atom stereocenters. The maximum atomic E-state index is 12.4. The van der Waals surface area contributed by atoms with Gasteiger partial charge in [0.25, 0.3) is 5.91 Å². The number of methoxy groups -OCH3 is 1. The summed E-state index contributed by atoms with van der Waals surface area (Å²) in [5, 5.41) is 0. The summed E-state index contributed by atoms with van der Waals surface area (Å²) in [6.07, 6.45) is 0. The predicted molar refractivity (Wildman–Crippen MR) is 80.5 cm³/mol. The van der Waals surface area contributed by atoms with Gasteiger partial charge in [-0.2, -0.15) is 0 Å². The molecule has 0 radical (unpaired) electrons. The van der Waals surface area contributed by atoms with Crippen LogP contribution in [-0.2, 0) is 6.54 Å². The number of aromatic nitrogens is 1. The van der Waals surface area contributed by atoms with Crippen LogP contribution in [0.3, 0.4) is 0 Å². The average Bonchev–Trinajstić information content (AvgIpc) is 2.52. The number of amides is 1. The van der Waals surface area contributed by atoms with Gasteiger partial charge in [0.05, 0.1) is 7.11 Å². The van der Waals surface area contributed by atoms with Crippen molar-refractivity contribution in [1.82, 2.24) is 9.88 Å². The lowest BCUT2D eigenvalue weighted by Crippen LogP contribution is -2.31. The van der Waals surface area contributed by atoms with E-state index in [4.69, 9.17) is 4.74 Å². The summed E-state index contributed by atoms with van der Waals surface area (Å²) in [4.78, 5) is 27.9. The standard InChI is InChI=1S/C16H18N2O3/c1-3-18(11-12-7-9-13(21-2)10-8-12)16(20)14-5-4-6-15(19)17-14/h4-10H,3,11H2,1-2H3,(H,17,19). The summed E-state index contributed by atoms with van der Waals surface area (Å²) in [5.74, 6) is 0.589. The Morgan fingerprint density at radius 1 is 1.19 bits per heavy atom. The Bertz CT molecular complexity index is 662. The van der Waals surface area contributed by atoms with Gasteiger partial charge >= 0.3 is 0 Å². The maximum Gasteiger partial charge on any atom is 0.270 e. The van der Waals surface area contributed by atoms with Crippen LogP contribution in [0.25, 0.3) is 0 Å². The molecule has 0 saturated carbocycles. The van der Waals surface area contributed by atoms with Gasteiger partial charge in [0.15, 0.2) is 0 Å². The first-order chi connectivity index (χ1) is 10.1. The van der Waals surface area contributed by atoms with E-state index in [9.17, 15) is 9.59 Å². The number of nitrogens with one attached hydrogen (secondary N) is 1. The molecule has 0 bridgehead atoms. The highest BCUT2D eigenvalue weighted by molar-refractivity contribution is 5.92. The van der Waals surface area contributed by atoms with Crippen molar-refractivity contribution >= 4 is 5.91 Å². The SMILES string of the molecule is CCN(Cc1ccc(OC)cc1)C(=O)c1cccc(=O)[nH]1. The lowest BCUT2D eigenvalue weighted by molar-refractivity contribution is 0.0746. The number of hydrogen-bond donors (Lipinski definition) is 1. The summed E-state index contributed by atoms with van der Waals surface area (Å²) in [5.41, 5.74) is 1.03. The first kappa shape index (κ1) is 14.8. The van der Waals surface area contributed by atoms with E-state index in [1.807, 2.05) is 31.2 Å². The molecular formula is C16H18N2O3. The third-order valence-electron chi connectivity index (χ3n) is 3.20. The number of nitrogens with zero attached hydrogens (tertiary/aromatic N) is 1. The van der Waals surface area contributed by atoms with Crippen LogP contribution in [0.15, 0.2) is 47.3 Å². The van der Waals surface area contributed by atoms with E-state index < -0.39 is 0 Å². The number of ether oxygens (including phenoxy) is 1. The number of carbonyl (C=O) groups excluding carboxylic acids is 1. The molecule has 110 valence electrons. The molecule has 5 heteroatoms.